The summed E-state index contributed by atoms with van der Waals surface area (Å²) >= 11 is 3.50. The van der Waals surface area contributed by atoms with Gasteiger partial charge in [-0.1, -0.05) is 22.9 Å². The third kappa shape index (κ3) is 3.58. The minimum absolute atomic E-state index is 0.220. The van der Waals surface area contributed by atoms with Crippen LogP contribution in [0.15, 0.2) is 28.7 Å². The lowest BCUT2D eigenvalue weighted by Crippen LogP contribution is -2.18. The lowest BCUT2D eigenvalue weighted by atomic mass is 10.1. The van der Waals surface area contributed by atoms with Crippen molar-refractivity contribution in [2.45, 2.75) is 26.8 Å². The van der Waals surface area contributed by atoms with Gasteiger partial charge in [0.05, 0.1) is 0 Å². The van der Waals surface area contributed by atoms with Crippen molar-refractivity contribution in [3.63, 3.8) is 0 Å². The van der Waals surface area contributed by atoms with Gasteiger partial charge in [0.25, 0.3) is 0 Å². The fraction of sp³-hybridized carbons (Fsp3) is 0.357. The third-order valence-electron chi connectivity index (χ3n) is 2.85. The highest BCUT2D eigenvalue weighted by Crippen LogP contribution is 2.31. The summed E-state index contributed by atoms with van der Waals surface area (Å²) in [7, 11) is 0. The van der Waals surface area contributed by atoms with Gasteiger partial charge in [0.1, 0.15) is 5.75 Å². The molecule has 102 valence electrons. The fourth-order valence-corrected chi connectivity index (χ4v) is 2.30. The Labute approximate surface area is 121 Å². The van der Waals surface area contributed by atoms with E-state index in [0.29, 0.717) is 5.88 Å². The number of halogens is 1. The van der Waals surface area contributed by atoms with Crippen LogP contribution >= 0.6 is 15.9 Å². The molecule has 0 aliphatic heterocycles. The van der Waals surface area contributed by atoms with Crippen LogP contribution in [0.4, 0.5) is 0 Å². The van der Waals surface area contributed by atoms with Gasteiger partial charge in [0.2, 0.25) is 5.88 Å². The number of benzene rings is 1. The number of aromatic amines is 1. The van der Waals surface area contributed by atoms with Crippen LogP contribution in [0.3, 0.4) is 0 Å². The molecule has 2 aromatic rings. The summed E-state index contributed by atoms with van der Waals surface area (Å²) in [5, 5.41) is 10.4. The van der Waals surface area contributed by atoms with Crippen molar-refractivity contribution in [1.82, 2.24) is 15.5 Å². The minimum Gasteiger partial charge on any atom is -0.437 e. The van der Waals surface area contributed by atoms with E-state index in [1.807, 2.05) is 25.1 Å². The molecule has 0 spiro atoms. The molecule has 1 unspecified atom stereocenters. The summed E-state index contributed by atoms with van der Waals surface area (Å²) in [6.07, 6.45) is 0. The van der Waals surface area contributed by atoms with Crippen LogP contribution in [0.1, 0.15) is 31.1 Å². The first-order valence-corrected chi connectivity index (χ1v) is 7.12. The number of aryl methyl sites for hydroxylation is 1. The summed E-state index contributed by atoms with van der Waals surface area (Å²) in [6.45, 7) is 7.07. The zero-order valence-electron chi connectivity index (χ0n) is 11.3. The predicted molar refractivity (Wildman–Crippen MR) is 79.6 cm³/mol. The Hall–Kier alpha value is -1.33. The summed E-state index contributed by atoms with van der Waals surface area (Å²) in [5.41, 5.74) is 2.09. The Balaban J connectivity index is 2.28. The number of hydrogen-bond acceptors (Lipinski definition) is 3. The number of nitrogens with zero attached hydrogens (tertiary/aromatic N) is 1. The second kappa shape index (κ2) is 6.21. The Bertz CT molecular complexity index is 553. The summed E-state index contributed by atoms with van der Waals surface area (Å²) in [5.74, 6) is 1.41. The molecule has 2 N–H and O–H groups in total. The molecule has 1 heterocycles. The number of H-pyrrole nitrogens is 1. The highest BCUT2D eigenvalue weighted by molar-refractivity contribution is 9.10. The van der Waals surface area contributed by atoms with Gasteiger partial charge in [-0.05, 0) is 38.6 Å². The second-order valence-electron chi connectivity index (χ2n) is 4.45. The number of hydrogen-bond donors (Lipinski definition) is 2. The van der Waals surface area contributed by atoms with Crippen molar-refractivity contribution >= 4 is 15.9 Å². The molecule has 2 rings (SSSR count). The van der Waals surface area contributed by atoms with Crippen molar-refractivity contribution in [1.29, 1.82) is 0 Å². The van der Waals surface area contributed by atoms with Crippen LogP contribution in [0.5, 0.6) is 11.6 Å². The first-order valence-electron chi connectivity index (χ1n) is 6.33. The van der Waals surface area contributed by atoms with Crippen molar-refractivity contribution < 1.29 is 4.74 Å². The number of nitrogens with one attached hydrogen (secondary N) is 2. The topological polar surface area (TPSA) is 49.9 Å². The lowest BCUT2D eigenvalue weighted by molar-refractivity contribution is 0.445. The monoisotopic (exact) mass is 323 g/mol. The van der Waals surface area contributed by atoms with E-state index in [9.17, 15) is 0 Å². The molecular weight excluding hydrogens is 306 g/mol. The summed E-state index contributed by atoms with van der Waals surface area (Å²) < 4.78 is 6.89. The number of aromatic nitrogens is 2. The van der Waals surface area contributed by atoms with Crippen LogP contribution in [0.25, 0.3) is 0 Å². The van der Waals surface area contributed by atoms with Gasteiger partial charge in [0, 0.05) is 27.8 Å². The van der Waals surface area contributed by atoms with E-state index >= 15 is 0 Å². The zero-order valence-corrected chi connectivity index (χ0v) is 12.9. The SMILES string of the molecule is CCNC(C)c1cc(Br)ccc1Oc1cc(C)[nH]n1. The normalized spacial score (nSPS) is 12.4. The molecule has 1 atom stereocenters. The van der Waals surface area contributed by atoms with Crippen molar-refractivity contribution in [2.24, 2.45) is 0 Å². The zero-order chi connectivity index (χ0) is 13.8. The van der Waals surface area contributed by atoms with Crippen LogP contribution in [-0.2, 0) is 0 Å². The van der Waals surface area contributed by atoms with E-state index < -0.39 is 0 Å². The maximum atomic E-state index is 5.85. The van der Waals surface area contributed by atoms with Gasteiger partial charge in [0.15, 0.2) is 0 Å². The molecule has 1 aromatic heterocycles. The van der Waals surface area contributed by atoms with Gasteiger partial charge in [-0.2, -0.15) is 0 Å². The molecule has 1 aromatic carbocycles. The molecule has 0 saturated heterocycles. The first kappa shape index (κ1) is 14.1. The van der Waals surface area contributed by atoms with Gasteiger partial charge in [-0.3, -0.25) is 5.10 Å². The summed E-state index contributed by atoms with van der Waals surface area (Å²) in [4.78, 5) is 0. The van der Waals surface area contributed by atoms with Crippen molar-refractivity contribution in [2.75, 3.05) is 6.54 Å². The standard InChI is InChI=1S/C14H18BrN3O/c1-4-16-10(3)12-8-11(15)5-6-13(12)19-14-7-9(2)17-18-14/h5-8,10,16H,4H2,1-3H3,(H,17,18). The van der Waals surface area contributed by atoms with E-state index in [-0.39, 0.29) is 6.04 Å². The Kier molecular flexibility index (Phi) is 4.61. The van der Waals surface area contributed by atoms with Crippen LogP contribution in [-0.4, -0.2) is 16.7 Å². The highest BCUT2D eigenvalue weighted by atomic mass is 79.9. The van der Waals surface area contributed by atoms with Gasteiger partial charge in [-0.15, -0.1) is 5.10 Å². The maximum absolute atomic E-state index is 5.85. The highest BCUT2D eigenvalue weighted by Gasteiger charge is 2.13. The minimum atomic E-state index is 0.220. The van der Waals surface area contributed by atoms with Crippen molar-refractivity contribution in [3.8, 4) is 11.6 Å². The molecule has 5 heteroatoms. The van der Waals surface area contributed by atoms with Crippen LogP contribution in [0.2, 0.25) is 0 Å². The largest absolute Gasteiger partial charge is 0.437 e. The van der Waals surface area contributed by atoms with E-state index in [2.05, 4.69) is 51.4 Å². The van der Waals surface area contributed by atoms with E-state index in [1.165, 1.54) is 0 Å². The van der Waals surface area contributed by atoms with Crippen molar-refractivity contribution in [3.05, 3.63) is 40.0 Å². The number of ether oxygens (including phenoxy) is 1. The lowest BCUT2D eigenvalue weighted by Gasteiger charge is -2.17. The Morgan fingerprint density at radius 1 is 1.42 bits per heavy atom. The predicted octanol–water partition coefficient (Wildman–Crippen LogP) is 3.94. The smallest absolute Gasteiger partial charge is 0.238 e. The molecule has 4 nitrogen and oxygen atoms in total. The molecule has 0 amide bonds. The second-order valence-corrected chi connectivity index (χ2v) is 5.37. The van der Waals surface area contributed by atoms with E-state index in [0.717, 1.165) is 28.0 Å². The molecule has 0 aliphatic rings. The molecule has 0 aliphatic carbocycles. The molecule has 19 heavy (non-hydrogen) atoms. The van der Waals surface area contributed by atoms with Gasteiger partial charge >= 0.3 is 0 Å². The third-order valence-corrected chi connectivity index (χ3v) is 3.34. The average molecular weight is 324 g/mol. The fourth-order valence-electron chi connectivity index (χ4n) is 1.92. The van der Waals surface area contributed by atoms with E-state index in [1.54, 1.807) is 0 Å². The Morgan fingerprint density at radius 3 is 2.84 bits per heavy atom. The number of rotatable bonds is 5. The van der Waals surface area contributed by atoms with Crippen LogP contribution in [0, 0.1) is 6.92 Å². The summed E-state index contributed by atoms with van der Waals surface area (Å²) in [6, 6.07) is 8.10. The molecule has 0 fully saturated rings. The average Bonchev–Trinajstić information content (AvgIpc) is 2.77. The van der Waals surface area contributed by atoms with Gasteiger partial charge in [-0.25, -0.2) is 0 Å². The first-order chi connectivity index (χ1) is 9.10. The molecule has 0 bridgehead atoms. The van der Waals surface area contributed by atoms with Gasteiger partial charge < -0.3 is 10.1 Å². The molecule has 0 radical (unpaired) electrons. The quantitative estimate of drug-likeness (QED) is 0.876. The van der Waals surface area contributed by atoms with E-state index in [4.69, 9.17) is 4.74 Å². The van der Waals surface area contributed by atoms with Crippen LogP contribution < -0.4 is 10.1 Å². The maximum Gasteiger partial charge on any atom is 0.238 e. The molecule has 0 saturated carbocycles. The Morgan fingerprint density at radius 2 is 2.21 bits per heavy atom. The molecular formula is C14H18BrN3O.